The number of rotatable bonds is 8. The highest BCUT2D eigenvalue weighted by molar-refractivity contribution is 7.18. The van der Waals surface area contributed by atoms with Gasteiger partial charge in [-0.3, -0.25) is 0 Å². The molecule has 0 radical (unpaired) electrons. The molecule has 4 aromatic rings. The number of benzene rings is 2. The molecule has 2 aromatic heterocycles. The molecule has 8 heteroatoms. The molecular formula is C33H30F6S2. The van der Waals surface area contributed by atoms with E-state index in [0.29, 0.717) is 20.9 Å². The zero-order valence-electron chi connectivity index (χ0n) is 23.2. The summed E-state index contributed by atoms with van der Waals surface area (Å²) in [6.45, 7) is 7.12. The largest absolute Gasteiger partial charge is 0.380 e. The van der Waals surface area contributed by atoms with Crippen molar-refractivity contribution in [3.63, 3.8) is 0 Å². The summed E-state index contributed by atoms with van der Waals surface area (Å²) in [5.74, 6) is -15.7. The minimum Gasteiger partial charge on any atom is -0.194 e. The Bertz CT molecular complexity index is 1470. The highest BCUT2D eigenvalue weighted by Gasteiger charge is 2.80. The molecule has 2 heterocycles. The maximum atomic E-state index is 15.5. The lowest BCUT2D eigenvalue weighted by atomic mass is 10.0. The van der Waals surface area contributed by atoms with Gasteiger partial charge in [0.15, 0.2) is 0 Å². The second kappa shape index (κ2) is 10.8. The lowest BCUT2D eigenvalue weighted by Crippen LogP contribution is -2.48. The number of hydrogen-bond donors (Lipinski definition) is 0. The third-order valence-corrected chi connectivity index (χ3v) is 10.1. The van der Waals surface area contributed by atoms with Crippen molar-refractivity contribution in [2.75, 3.05) is 0 Å². The summed E-state index contributed by atoms with van der Waals surface area (Å²) in [7, 11) is 0. The monoisotopic (exact) mass is 604 g/mol. The number of thiophene rings is 2. The van der Waals surface area contributed by atoms with Crippen LogP contribution in [0.2, 0.25) is 0 Å². The van der Waals surface area contributed by atoms with Crippen molar-refractivity contribution >= 4 is 33.8 Å². The van der Waals surface area contributed by atoms with Gasteiger partial charge in [-0.15, -0.1) is 22.7 Å². The van der Waals surface area contributed by atoms with Crippen LogP contribution in [0.25, 0.3) is 32.0 Å². The van der Waals surface area contributed by atoms with Crippen LogP contribution in [-0.2, 0) is 12.8 Å². The average Bonchev–Trinajstić information content (AvgIpc) is 3.52. The van der Waals surface area contributed by atoms with Crippen LogP contribution in [0.4, 0.5) is 26.3 Å². The number of aryl methyl sites for hydroxylation is 4. The second-order valence-electron chi connectivity index (χ2n) is 10.6. The van der Waals surface area contributed by atoms with Crippen LogP contribution in [0, 0.1) is 13.8 Å². The fourth-order valence-corrected chi connectivity index (χ4v) is 7.85. The summed E-state index contributed by atoms with van der Waals surface area (Å²) in [6, 6.07) is 18.3. The molecule has 0 atom stereocenters. The lowest BCUT2D eigenvalue weighted by Gasteiger charge is -2.25. The molecule has 0 unspecified atom stereocenters. The topological polar surface area (TPSA) is 0 Å². The molecule has 5 rings (SSSR count). The third kappa shape index (κ3) is 4.87. The van der Waals surface area contributed by atoms with Gasteiger partial charge in [-0.25, -0.2) is 0 Å². The molecule has 0 nitrogen and oxygen atoms in total. The molecular weight excluding hydrogens is 574 g/mol. The van der Waals surface area contributed by atoms with E-state index in [4.69, 9.17) is 0 Å². The Kier molecular flexibility index (Phi) is 7.79. The van der Waals surface area contributed by atoms with Gasteiger partial charge in [-0.1, -0.05) is 75.2 Å². The second-order valence-corrected chi connectivity index (χ2v) is 12.7. The minimum absolute atomic E-state index is 0.243. The van der Waals surface area contributed by atoms with Gasteiger partial charge in [0.25, 0.3) is 0 Å². The van der Waals surface area contributed by atoms with E-state index < -0.39 is 28.9 Å². The molecule has 216 valence electrons. The maximum Gasteiger partial charge on any atom is 0.380 e. The first-order valence-corrected chi connectivity index (χ1v) is 15.3. The smallest absolute Gasteiger partial charge is 0.194 e. The summed E-state index contributed by atoms with van der Waals surface area (Å²) in [5, 5.41) is 0. The summed E-state index contributed by atoms with van der Waals surface area (Å²) in [6.07, 6.45) is 3.69. The predicted molar refractivity (Wildman–Crippen MR) is 159 cm³/mol. The van der Waals surface area contributed by atoms with Crippen molar-refractivity contribution in [1.82, 2.24) is 0 Å². The standard InChI is InChI=1S/C33H30F6S2/c1-5-7-21-9-13-23(14-10-21)25-17-19(3)29(40-25)27-28(32(36,37)33(38,39)31(27,34)35)30-20(4)18-26(41-30)24-15-11-22(8-6-2)12-16-24/h9-18H,5-8H2,1-4H3. The van der Waals surface area contributed by atoms with Gasteiger partial charge in [0, 0.05) is 19.5 Å². The molecule has 0 saturated heterocycles. The van der Waals surface area contributed by atoms with E-state index in [1.54, 1.807) is 12.1 Å². The molecule has 0 fully saturated rings. The number of halogens is 6. The maximum absolute atomic E-state index is 15.5. The number of allylic oxidation sites excluding steroid dienone is 2. The zero-order valence-corrected chi connectivity index (χ0v) is 24.8. The molecule has 0 spiro atoms. The molecule has 0 saturated carbocycles. The molecule has 0 aliphatic heterocycles. The van der Waals surface area contributed by atoms with Gasteiger partial charge >= 0.3 is 17.8 Å². The fourth-order valence-electron chi connectivity index (χ4n) is 5.33. The fraction of sp³-hybridized carbons (Fsp3) is 0.333. The predicted octanol–water partition coefficient (Wildman–Crippen LogP) is 11.5. The number of alkyl halides is 6. The Morgan fingerprint density at radius 1 is 0.561 bits per heavy atom. The molecule has 0 bridgehead atoms. The minimum atomic E-state index is -5.58. The number of hydrogen-bond acceptors (Lipinski definition) is 2. The molecule has 0 N–H and O–H groups in total. The zero-order chi connectivity index (χ0) is 29.7. The van der Waals surface area contributed by atoms with Crippen molar-refractivity contribution in [1.29, 1.82) is 0 Å². The van der Waals surface area contributed by atoms with Crippen LogP contribution in [0.3, 0.4) is 0 Å². The Balaban J connectivity index is 1.67. The normalized spacial score (nSPS) is 17.4. The van der Waals surface area contributed by atoms with Gasteiger partial charge in [-0.05, 0) is 72.2 Å². The van der Waals surface area contributed by atoms with Crippen LogP contribution >= 0.6 is 22.7 Å². The highest BCUT2D eigenvalue weighted by atomic mass is 32.1. The van der Waals surface area contributed by atoms with Gasteiger partial charge in [0.2, 0.25) is 0 Å². The highest BCUT2D eigenvalue weighted by Crippen LogP contribution is 2.66. The van der Waals surface area contributed by atoms with E-state index >= 15 is 17.6 Å². The van der Waals surface area contributed by atoms with Gasteiger partial charge in [0.05, 0.1) is 11.1 Å². The van der Waals surface area contributed by atoms with Crippen molar-refractivity contribution in [2.24, 2.45) is 0 Å². The summed E-state index contributed by atoms with van der Waals surface area (Å²) in [4.78, 5) is 0.621. The van der Waals surface area contributed by atoms with Gasteiger partial charge < -0.3 is 0 Å². The molecule has 2 aromatic carbocycles. The van der Waals surface area contributed by atoms with Crippen LogP contribution in [-0.4, -0.2) is 17.8 Å². The van der Waals surface area contributed by atoms with Crippen molar-refractivity contribution in [3.8, 4) is 20.9 Å². The van der Waals surface area contributed by atoms with Crippen molar-refractivity contribution in [3.05, 3.63) is 92.7 Å². The van der Waals surface area contributed by atoms with E-state index in [2.05, 4.69) is 13.8 Å². The lowest BCUT2D eigenvalue weighted by molar-refractivity contribution is -0.254. The molecule has 0 amide bonds. The first kappa shape index (κ1) is 29.6. The Morgan fingerprint density at radius 3 is 1.22 bits per heavy atom. The third-order valence-electron chi connectivity index (χ3n) is 7.51. The van der Waals surface area contributed by atoms with Crippen LogP contribution < -0.4 is 0 Å². The summed E-state index contributed by atoms with van der Waals surface area (Å²) < 4.78 is 92.1. The van der Waals surface area contributed by atoms with E-state index in [-0.39, 0.29) is 20.9 Å². The van der Waals surface area contributed by atoms with E-state index in [9.17, 15) is 8.78 Å². The first-order chi connectivity index (χ1) is 19.3. The quantitative estimate of drug-likeness (QED) is 0.176. The van der Waals surface area contributed by atoms with E-state index in [1.165, 1.54) is 13.8 Å². The van der Waals surface area contributed by atoms with Crippen molar-refractivity contribution in [2.45, 2.75) is 71.1 Å². The van der Waals surface area contributed by atoms with Crippen LogP contribution in [0.5, 0.6) is 0 Å². The SMILES string of the molecule is CCCc1ccc(-c2cc(C)c(C3=C(c4sc(-c5ccc(CCC)cc5)cc4C)C(F)(F)C(F)(F)C3(F)F)s2)cc1. The average molecular weight is 605 g/mol. The summed E-state index contributed by atoms with van der Waals surface area (Å²) in [5.41, 5.74) is 1.60. The van der Waals surface area contributed by atoms with Crippen LogP contribution in [0.15, 0.2) is 60.7 Å². The molecule has 41 heavy (non-hydrogen) atoms. The first-order valence-electron chi connectivity index (χ1n) is 13.6. The van der Waals surface area contributed by atoms with E-state index in [1.807, 2.05) is 48.5 Å². The Labute approximate surface area is 244 Å². The van der Waals surface area contributed by atoms with Crippen LogP contribution in [0.1, 0.15) is 58.7 Å². The molecule has 1 aliphatic carbocycles. The van der Waals surface area contributed by atoms with Gasteiger partial charge in [-0.2, -0.15) is 26.3 Å². The van der Waals surface area contributed by atoms with Crippen molar-refractivity contribution < 1.29 is 26.3 Å². The van der Waals surface area contributed by atoms with Gasteiger partial charge in [0.1, 0.15) is 0 Å². The Hall–Kier alpha value is -2.84. The van der Waals surface area contributed by atoms with E-state index in [0.717, 1.165) is 59.5 Å². The Morgan fingerprint density at radius 2 is 0.902 bits per heavy atom. The summed E-state index contributed by atoms with van der Waals surface area (Å²) >= 11 is 1.69. The molecule has 1 aliphatic rings.